The quantitative estimate of drug-likeness (QED) is 0.867. The molecule has 0 amide bonds. The molecule has 1 aromatic rings. The molecule has 1 N–H and O–H groups in total. The lowest BCUT2D eigenvalue weighted by Crippen LogP contribution is -2.25. The van der Waals surface area contributed by atoms with Gasteiger partial charge in [0.2, 0.25) is 0 Å². The van der Waals surface area contributed by atoms with Crippen LogP contribution in [0.5, 0.6) is 0 Å². The smallest absolute Gasteiger partial charge is 0.315 e. The summed E-state index contributed by atoms with van der Waals surface area (Å²) in [5.41, 5.74) is 0.976. The number of thiazole rings is 1. The van der Waals surface area contributed by atoms with Gasteiger partial charge in [-0.3, -0.25) is 4.79 Å². The predicted octanol–water partition coefficient (Wildman–Crippen LogP) is 3.34. The molecule has 114 valence electrons. The summed E-state index contributed by atoms with van der Waals surface area (Å²) < 4.78 is 5.17. The Labute approximate surface area is 129 Å². The van der Waals surface area contributed by atoms with Gasteiger partial charge in [-0.2, -0.15) is 0 Å². The Bertz CT molecular complexity index is 556. The van der Waals surface area contributed by atoms with Crippen LogP contribution in [0, 0.1) is 11.8 Å². The van der Waals surface area contributed by atoms with Crippen LogP contribution in [-0.4, -0.2) is 23.6 Å². The zero-order chi connectivity index (χ0) is 14.4. The lowest BCUT2D eigenvalue weighted by Gasteiger charge is -2.22. The van der Waals surface area contributed by atoms with Gasteiger partial charge >= 0.3 is 5.97 Å². The number of aryl methyl sites for hydroxylation is 1. The molecule has 4 atom stereocenters. The van der Waals surface area contributed by atoms with Gasteiger partial charge in [0.1, 0.15) is 5.92 Å². The topological polar surface area (TPSA) is 51.2 Å². The van der Waals surface area contributed by atoms with Gasteiger partial charge in [0, 0.05) is 10.9 Å². The van der Waals surface area contributed by atoms with E-state index in [-0.39, 0.29) is 11.9 Å². The van der Waals surface area contributed by atoms with Crippen molar-refractivity contribution in [1.82, 2.24) is 4.98 Å². The molecule has 1 aromatic heterocycles. The van der Waals surface area contributed by atoms with Gasteiger partial charge in [0.15, 0.2) is 5.13 Å². The number of nitrogens with zero attached hydrogens (tertiary/aromatic N) is 1. The molecule has 4 rings (SSSR count). The number of esters is 1. The standard InChI is InChI=1S/C16H22N2O2S/c1-2-20-15(19)11-5-6-13-14(11)18-16(21-13)17-12-8-9-3-4-10(12)7-9/h9-12H,2-8H2,1H3,(H,17,18). The first-order valence-corrected chi connectivity index (χ1v) is 8.99. The van der Waals surface area contributed by atoms with Gasteiger partial charge in [0.05, 0.1) is 12.3 Å². The number of carbonyl (C=O) groups is 1. The maximum Gasteiger partial charge on any atom is 0.315 e. The van der Waals surface area contributed by atoms with Crippen molar-refractivity contribution in [2.75, 3.05) is 11.9 Å². The molecule has 4 nitrogen and oxygen atoms in total. The molecule has 0 aliphatic heterocycles. The number of ether oxygens (including phenoxy) is 1. The first-order valence-electron chi connectivity index (χ1n) is 8.17. The van der Waals surface area contributed by atoms with Crippen LogP contribution in [0.25, 0.3) is 0 Å². The lowest BCUT2D eigenvalue weighted by molar-refractivity contribution is -0.145. The Morgan fingerprint density at radius 3 is 3.00 bits per heavy atom. The molecule has 0 saturated heterocycles. The van der Waals surface area contributed by atoms with Crippen LogP contribution in [0.4, 0.5) is 5.13 Å². The van der Waals surface area contributed by atoms with Crippen molar-refractivity contribution in [2.45, 2.75) is 57.4 Å². The first kappa shape index (κ1) is 13.6. The minimum Gasteiger partial charge on any atom is -0.465 e. The van der Waals surface area contributed by atoms with Gasteiger partial charge in [-0.25, -0.2) is 4.98 Å². The summed E-state index contributed by atoms with van der Waals surface area (Å²) in [5, 5.41) is 4.67. The first-order chi connectivity index (χ1) is 10.2. The molecule has 2 fully saturated rings. The zero-order valence-corrected chi connectivity index (χ0v) is 13.2. The van der Waals surface area contributed by atoms with Crippen LogP contribution < -0.4 is 5.32 Å². The molecular formula is C16H22N2O2S. The third kappa shape index (κ3) is 2.35. The fourth-order valence-electron chi connectivity index (χ4n) is 4.34. The van der Waals surface area contributed by atoms with Crippen molar-refractivity contribution < 1.29 is 9.53 Å². The summed E-state index contributed by atoms with van der Waals surface area (Å²) in [4.78, 5) is 18.0. The predicted molar refractivity (Wildman–Crippen MR) is 82.7 cm³/mol. The number of hydrogen-bond acceptors (Lipinski definition) is 5. The van der Waals surface area contributed by atoms with Gasteiger partial charge < -0.3 is 10.1 Å². The minimum absolute atomic E-state index is 0.104. The van der Waals surface area contributed by atoms with Crippen LogP contribution >= 0.6 is 11.3 Å². The van der Waals surface area contributed by atoms with E-state index in [4.69, 9.17) is 9.72 Å². The highest BCUT2D eigenvalue weighted by Crippen LogP contribution is 2.46. The minimum atomic E-state index is -0.133. The van der Waals surface area contributed by atoms with Crippen LogP contribution in [-0.2, 0) is 16.0 Å². The number of aromatic nitrogens is 1. The Morgan fingerprint density at radius 2 is 2.29 bits per heavy atom. The molecule has 3 aliphatic carbocycles. The Morgan fingerprint density at radius 1 is 1.38 bits per heavy atom. The van der Waals surface area contributed by atoms with Crippen molar-refractivity contribution in [2.24, 2.45) is 11.8 Å². The van der Waals surface area contributed by atoms with E-state index in [9.17, 15) is 4.79 Å². The largest absolute Gasteiger partial charge is 0.465 e. The Hall–Kier alpha value is -1.10. The lowest BCUT2D eigenvalue weighted by atomic mass is 9.96. The normalized spacial score (nSPS) is 33.2. The van der Waals surface area contributed by atoms with Gasteiger partial charge in [-0.05, 0) is 50.9 Å². The molecule has 0 aromatic carbocycles. The van der Waals surface area contributed by atoms with Crippen LogP contribution in [0.3, 0.4) is 0 Å². The van der Waals surface area contributed by atoms with Crippen molar-refractivity contribution in [3.8, 4) is 0 Å². The SMILES string of the molecule is CCOC(=O)C1CCc2sc(NC3CC4CCC3C4)nc21. The van der Waals surface area contributed by atoms with Gasteiger partial charge in [-0.15, -0.1) is 11.3 Å². The molecule has 2 bridgehead atoms. The number of carbonyl (C=O) groups excluding carboxylic acids is 1. The second kappa shape index (κ2) is 5.27. The van der Waals surface area contributed by atoms with Crippen LogP contribution in [0.15, 0.2) is 0 Å². The summed E-state index contributed by atoms with van der Waals surface area (Å²) in [6.45, 7) is 2.31. The molecule has 0 spiro atoms. The summed E-state index contributed by atoms with van der Waals surface area (Å²) in [6, 6.07) is 0.607. The molecule has 2 saturated carbocycles. The van der Waals surface area contributed by atoms with E-state index in [2.05, 4.69) is 5.32 Å². The molecule has 5 heteroatoms. The maximum atomic E-state index is 12.0. The summed E-state index contributed by atoms with van der Waals surface area (Å²) in [7, 11) is 0. The van der Waals surface area contributed by atoms with E-state index in [0.717, 1.165) is 35.5 Å². The number of hydrogen-bond donors (Lipinski definition) is 1. The molecular weight excluding hydrogens is 284 g/mol. The second-order valence-electron chi connectivity index (χ2n) is 6.60. The number of rotatable bonds is 4. The number of fused-ring (bicyclic) bond motifs is 3. The molecule has 3 aliphatic rings. The number of nitrogens with one attached hydrogen (secondary N) is 1. The summed E-state index contributed by atoms with van der Waals surface area (Å²) in [6.07, 6.45) is 7.32. The van der Waals surface area contributed by atoms with Crippen molar-refractivity contribution in [1.29, 1.82) is 0 Å². The molecule has 4 unspecified atom stereocenters. The second-order valence-corrected chi connectivity index (χ2v) is 7.68. The van der Waals surface area contributed by atoms with E-state index < -0.39 is 0 Å². The molecule has 0 radical (unpaired) electrons. The average Bonchev–Trinajstić information content (AvgIpc) is 3.17. The maximum absolute atomic E-state index is 12.0. The third-order valence-corrected chi connectivity index (χ3v) is 6.40. The zero-order valence-electron chi connectivity index (χ0n) is 12.4. The highest BCUT2D eigenvalue weighted by Gasteiger charge is 2.40. The van der Waals surface area contributed by atoms with E-state index in [1.165, 1.54) is 30.6 Å². The fourth-order valence-corrected chi connectivity index (χ4v) is 5.44. The third-order valence-electron chi connectivity index (χ3n) is 5.34. The highest BCUT2D eigenvalue weighted by molar-refractivity contribution is 7.15. The van der Waals surface area contributed by atoms with Crippen LogP contribution in [0.1, 0.15) is 55.5 Å². The van der Waals surface area contributed by atoms with Crippen LogP contribution in [0.2, 0.25) is 0 Å². The monoisotopic (exact) mass is 306 g/mol. The van der Waals surface area contributed by atoms with Crippen molar-refractivity contribution in [3.05, 3.63) is 10.6 Å². The Balaban J connectivity index is 1.47. The molecule has 1 heterocycles. The van der Waals surface area contributed by atoms with E-state index >= 15 is 0 Å². The van der Waals surface area contributed by atoms with E-state index in [1.807, 2.05) is 6.92 Å². The van der Waals surface area contributed by atoms with Crippen molar-refractivity contribution >= 4 is 22.4 Å². The summed E-state index contributed by atoms with van der Waals surface area (Å²) in [5.74, 6) is 1.54. The fraction of sp³-hybridized carbons (Fsp3) is 0.750. The molecule has 21 heavy (non-hydrogen) atoms. The average molecular weight is 306 g/mol. The van der Waals surface area contributed by atoms with Gasteiger partial charge in [0.25, 0.3) is 0 Å². The van der Waals surface area contributed by atoms with Gasteiger partial charge in [-0.1, -0.05) is 6.42 Å². The van der Waals surface area contributed by atoms with E-state index in [0.29, 0.717) is 12.6 Å². The summed E-state index contributed by atoms with van der Waals surface area (Å²) >= 11 is 1.75. The number of anilines is 1. The highest BCUT2D eigenvalue weighted by atomic mass is 32.1. The Kier molecular flexibility index (Phi) is 3.40. The van der Waals surface area contributed by atoms with E-state index in [1.54, 1.807) is 11.3 Å². The van der Waals surface area contributed by atoms with Crippen molar-refractivity contribution in [3.63, 3.8) is 0 Å².